The molecule has 4 aromatic rings. The molecule has 31 heavy (non-hydrogen) atoms. The van der Waals surface area contributed by atoms with Crippen LogP contribution in [0.15, 0.2) is 103 Å². The van der Waals surface area contributed by atoms with Crippen molar-refractivity contribution in [3.05, 3.63) is 120 Å². The van der Waals surface area contributed by atoms with Gasteiger partial charge in [0.05, 0.1) is 17.9 Å². The molecule has 0 radical (unpaired) electrons. The van der Waals surface area contributed by atoms with Crippen molar-refractivity contribution in [1.82, 2.24) is 14.9 Å². The number of amides is 1. The van der Waals surface area contributed by atoms with E-state index in [1.165, 1.54) is 5.56 Å². The number of benzene rings is 3. The summed E-state index contributed by atoms with van der Waals surface area (Å²) < 4.78 is 2.15. The highest BCUT2D eigenvalue weighted by Crippen LogP contribution is 2.28. The third-order valence-electron chi connectivity index (χ3n) is 5.12. The first-order chi connectivity index (χ1) is 15.1. The van der Waals surface area contributed by atoms with Gasteiger partial charge in [0.1, 0.15) is 5.82 Å². The lowest BCUT2D eigenvalue weighted by Crippen LogP contribution is -2.25. The zero-order chi connectivity index (χ0) is 21.6. The van der Waals surface area contributed by atoms with Crippen LogP contribution in [0.2, 0.25) is 0 Å². The molecule has 154 valence electrons. The monoisotopic (exact) mass is 407 g/mol. The minimum absolute atomic E-state index is 0.160. The van der Waals surface area contributed by atoms with Crippen LogP contribution in [-0.4, -0.2) is 15.5 Å². The first kappa shape index (κ1) is 20.4. The summed E-state index contributed by atoms with van der Waals surface area (Å²) in [5.74, 6) is 0.699. The molecular formula is C27H25N3O. The first-order valence-corrected chi connectivity index (χ1v) is 10.3. The Hall–Kier alpha value is -3.92. The second-order valence-electron chi connectivity index (χ2n) is 7.49. The minimum Gasteiger partial charge on any atom is -0.347 e. The molecule has 0 aliphatic carbocycles. The molecule has 1 N–H and O–H groups in total. The molecular weight excluding hydrogens is 382 g/mol. The van der Waals surface area contributed by atoms with Gasteiger partial charge in [0.25, 0.3) is 0 Å². The zero-order valence-electron chi connectivity index (χ0n) is 17.6. The number of imidazole rings is 1. The Morgan fingerprint density at radius 3 is 2.10 bits per heavy atom. The van der Waals surface area contributed by atoms with Gasteiger partial charge in [-0.05, 0) is 24.6 Å². The fourth-order valence-corrected chi connectivity index (χ4v) is 3.56. The number of nitrogens with zero attached hydrogens (tertiary/aromatic N) is 2. The third kappa shape index (κ3) is 4.64. The lowest BCUT2D eigenvalue weighted by Gasteiger charge is -2.14. The molecule has 0 aliphatic heterocycles. The van der Waals surface area contributed by atoms with Gasteiger partial charge >= 0.3 is 0 Å². The van der Waals surface area contributed by atoms with Crippen LogP contribution in [0.3, 0.4) is 0 Å². The molecule has 4 nitrogen and oxygen atoms in total. The van der Waals surface area contributed by atoms with Crippen LogP contribution in [0.25, 0.3) is 17.1 Å². The van der Waals surface area contributed by atoms with E-state index in [9.17, 15) is 4.79 Å². The second-order valence-corrected chi connectivity index (χ2v) is 7.49. The van der Waals surface area contributed by atoms with Gasteiger partial charge in [-0.3, -0.25) is 9.36 Å². The highest BCUT2D eigenvalue weighted by Gasteiger charge is 2.20. The largest absolute Gasteiger partial charge is 0.347 e. The predicted octanol–water partition coefficient (Wildman–Crippen LogP) is 5.32. The van der Waals surface area contributed by atoms with E-state index in [-0.39, 0.29) is 5.91 Å². The molecule has 1 amide bonds. The standard InChI is InChI=1S/C27H25N3O/c1-20(2)27(31)28-19-25-24(18-21-12-6-3-7-13-21)29-26(22-14-8-4-9-15-22)30(25)23-16-10-5-11-17-23/h3-17H,1,18-19H2,2H3,(H,28,31). The number of nitrogens with one attached hydrogen (secondary N) is 1. The molecule has 0 spiro atoms. The molecule has 0 unspecified atom stereocenters. The molecule has 4 heteroatoms. The number of aromatic nitrogens is 2. The van der Waals surface area contributed by atoms with E-state index in [4.69, 9.17) is 4.98 Å². The SMILES string of the molecule is C=C(C)C(=O)NCc1c(Cc2ccccc2)nc(-c2ccccc2)n1-c1ccccc1. The summed E-state index contributed by atoms with van der Waals surface area (Å²) in [5, 5.41) is 3.00. The summed E-state index contributed by atoms with van der Waals surface area (Å²) in [7, 11) is 0. The van der Waals surface area contributed by atoms with Crippen molar-refractivity contribution in [2.75, 3.05) is 0 Å². The Bertz CT molecular complexity index is 1180. The normalized spacial score (nSPS) is 10.6. The minimum atomic E-state index is -0.160. The number of carbonyl (C=O) groups is 1. The molecule has 4 rings (SSSR count). The van der Waals surface area contributed by atoms with Crippen molar-refractivity contribution < 1.29 is 4.79 Å². The van der Waals surface area contributed by atoms with E-state index in [1.807, 2.05) is 54.6 Å². The molecule has 0 saturated carbocycles. The summed E-state index contributed by atoms with van der Waals surface area (Å²) in [6.07, 6.45) is 0.679. The van der Waals surface area contributed by atoms with E-state index < -0.39 is 0 Å². The van der Waals surface area contributed by atoms with Gasteiger partial charge in [-0.1, -0.05) is 85.4 Å². The van der Waals surface area contributed by atoms with Crippen LogP contribution in [0.4, 0.5) is 0 Å². The quantitative estimate of drug-likeness (QED) is 0.421. The lowest BCUT2D eigenvalue weighted by atomic mass is 10.1. The average Bonchev–Trinajstić information content (AvgIpc) is 3.17. The van der Waals surface area contributed by atoms with Gasteiger partial charge < -0.3 is 5.32 Å². The topological polar surface area (TPSA) is 46.9 Å². The summed E-state index contributed by atoms with van der Waals surface area (Å²) in [6, 6.07) is 30.5. The Labute approximate surface area is 182 Å². The van der Waals surface area contributed by atoms with E-state index in [1.54, 1.807) is 6.92 Å². The van der Waals surface area contributed by atoms with Gasteiger partial charge in [-0.2, -0.15) is 0 Å². The summed E-state index contributed by atoms with van der Waals surface area (Å²) in [5.41, 5.74) is 5.59. The summed E-state index contributed by atoms with van der Waals surface area (Å²) in [4.78, 5) is 17.3. The number of carbonyl (C=O) groups excluding carboxylic acids is 1. The predicted molar refractivity (Wildman–Crippen MR) is 125 cm³/mol. The highest BCUT2D eigenvalue weighted by atomic mass is 16.1. The van der Waals surface area contributed by atoms with Gasteiger partial charge in [-0.15, -0.1) is 0 Å². The molecule has 0 aliphatic rings. The van der Waals surface area contributed by atoms with Crippen molar-refractivity contribution in [2.24, 2.45) is 0 Å². The van der Waals surface area contributed by atoms with Crippen molar-refractivity contribution >= 4 is 5.91 Å². The van der Waals surface area contributed by atoms with Gasteiger partial charge in [0, 0.05) is 23.2 Å². The highest BCUT2D eigenvalue weighted by molar-refractivity contribution is 5.92. The van der Waals surface area contributed by atoms with Crippen LogP contribution in [0, 0.1) is 0 Å². The van der Waals surface area contributed by atoms with Crippen LogP contribution in [0.5, 0.6) is 0 Å². The van der Waals surface area contributed by atoms with Crippen LogP contribution in [-0.2, 0) is 17.8 Å². The first-order valence-electron chi connectivity index (χ1n) is 10.3. The number of para-hydroxylation sites is 1. The molecule has 1 aromatic heterocycles. The second kappa shape index (κ2) is 9.26. The van der Waals surface area contributed by atoms with E-state index in [0.29, 0.717) is 18.5 Å². The maximum atomic E-state index is 12.3. The maximum absolute atomic E-state index is 12.3. The van der Waals surface area contributed by atoms with Gasteiger partial charge in [0.2, 0.25) is 5.91 Å². The Morgan fingerprint density at radius 1 is 0.903 bits per heavy atom. The van der Waals surface area contributed by atoms with Crippen molar-refractivity contribution in [1.29, 1.82) is 0 Å². The molecule has 1 heterocycles. The Kier molecular flexibility index (Phi) is 6.08. The average molecular weight is 408 g/mol. The van der Waals surface area contributed by atoms with E-state index >= 15 is 0 Å². The van der Waals surface area contributed by atoms with Crippen molar-refractivity contribution in [3.63, 3.8) is 0 Å². The molecule has 0 saturated heterocycles. The number of rotatable bonds is 7. The zero-order valence-corrected chi connectivity index (χ0v) is 17.6. The number of hydrogen-bond donors (Lipinski definition) is 1. The van der Waals surface area contributed by atoms with Gasteiger partial charge in [-0.25, -0.2) is 4.98 Å². The number of hydrogen-bond acceptors (Lipinski definition) is 2. The fraction of sp³-hybridized carbons (Fsp3) is 0.111. The molecule has 0 bridgehead atoms. The molecule has 3 aromatic carbocycles. The smallest absolute Gasteiger partial charge is 0.246 e. The third-order valence-corrected chi connectivity index (χ3v) is 5.12. The molecule has 0 fully saturated rings. The fourth-order valence-electron chi connectivity index (χ4n) is 3.56. The summed E-state index contributed by atoms with van der Waals surface area (Å²) >= 11 is 0. The molecule has 0 atom stereocenters. The van der Waals surface area contributed by atoms with Crippen molar-refractivity contribution in [3.8, 4) is 17.1 Å². The van der Waals surface area contributed by atoms with Crippen LogP contribution >= 0.6 is 0 Å². The van der Waals surface area contributed by atoms with Crippen molar-refractivity contribution in [2.45, 2.75) is 19.9 Å². The van der Waals surface area contributed by atoms with Crippen LogP contribution < -0.4 is 5.32 Å². The Balaban J connectivity index is 1.87. The summed E-state index contributed by atoms with van der Waals surface area (Å²) in [6.45, 7) is 5.83. The lowest BCUT2D eigenvalue weighted by molar-refractivity contribution is -0.117. The maximum Gasteiger partial charge on any atom is 0.246 e. The van der Waals surface area contributed by atoms with E-state index in [2.05, 4.69) is 52.9 Å². The van der Waals surface area contributed by atoms with Gasteiger partial charge in [0.15, 0.2) is 0 Å². The van der Waals surface area contributed by atoms with E-state index in [0.717, 1.165) is 28.5 Å². The van der Waals surface area contributed by atoms with Crippen LogP contribution in [0.1, 0.15) is 23.9 Å². The Morgan fingerprint density at radius 2 is 1.48 bits per heavy atom.